The van der Waals surface area contributed by atoms with Crippen molar-refractivity contribution in [3.63, 3.8) is 0 Å². The van der Waals surface area contributed by atoms with Gasteiger partial charge >= 0.3 is 0 Å². The molecule has 2 N–H and O–H groups in total. The standard InChI is InChI=1S/C11H14ClNO2/c12-9-3-1-2-8(4-9)11-7-15-10(6-14)5-13-11/h1-4,10-11,13-14H,5-7H2. The SMILES string of the molecule is OCC1CNC(c2cccc(Cl)c2)CO1. The number of benzene rings is 1. The van der Waals surface area contributed by atoms with Gasteiger partial charge in [-0.2, -0.15) is 0 Å². The molecule has 82 valence electrons. The minimum atomic E-state index is -0.0829. The summed E-state index contributed by atoms with van der Waals surface area (Å²) in [6.07, 6.45) is -0.0829. The van der Waals surface area contributed by atoms with Crippen LogP contribution in [0, 0.1) is 0 Å². The maximum atomic E-state index is 8.91. The molecular formula is C11H14ClNO2. The van der Waals surface area contributed by atoms with E-state index >= 15 is 0 Å². The van der Waals surface area contributed by atoms with E-state index in [0.29, 0.717) is 13.2 Å². The maximum absolute atomic E-state index is 8.91. The zero-order chi connectivity index (χ0) is 10.7. The van der Waals surface area contributed by atoms with E-state index in [1.165, 1.54) is 0 Å². The van der Waals surface area contributed by atoms with Crippen LogP contribution in [0.25, 0.3) is 0 Å². The third-order valence-corrected chi connectivity index (χ3v) is 2.78. The Morgan fingerprint density at radius 3 is 3.00 bits per heavy atom. The van der Waals surface area contributed by atoms with Gasteiger partial charge in [-0.25, -0.2) is 0 Å². The van der Waals surface area contributed by atoms with Crippen molar-refractivity contribution in [3.8, 4) is 0 Å². The fourth-order valence-corrected chi connectivity index (χ4v) is 1.88. The number of aliphatic hydroxyl groups is 1. The highest BCUT2D eigenvalue weighted by molar-refractivity contribution is 6.30. The minimum absolute atomic E-state index is 0.0647. The average molecular weight is 228 g/mol. The van der Waals surface area contributed by atoms with Crippen molar-refractivity contribution in [3.05, 3.63) is 34.9 Å². The summed E-state index contributed by atoms with van der Waals surface area (Å²) in [5.74, 6) is 0. The zero-order valence-electron chi connectivity index (χ0n) is 8.32. The molecule has 0 saturated carbocycles. The lowest BCUT2D eigenvalue weighted by atomic mass is 10.1. The summed E-state index contributed by atoms with van der Waals surface area (Å²) in [6, 6.07) is 7.91. The normalized spacial score (nSPS) is 26.5. The topological polar surface area (TPSA) is 41.5 Å². The van der Waals surface area contributed by atoms with Crippen LogP contribution in [-0.4, -0.2) is 31.0 Å². The van der Waals surface area contributed by atoms with Crippen LogP contribution in [-0.2, 0) is 4.74 Å². The first-order valence-corrected chi connectivity index (χ1v) is 5.38. The van der Waals surface area contributed by atoms with Crippen LogP contribution in [0.4, 0.5) is 0 Å². The summed E-state index contributed by atoms with van der Waals surface area (Å²) in [4.78, 5) is 0. The molecule has 0 amide bonds. The van der Waals surface area contributed by atoms with Gasteiger partial charge in [0.25, 0.3) is 0 Å². The van der Waals surface area contributed by atoms with E-state index in [9.17, 15) is 0 Å². The van der Waals surface area contributed by atoms with Crippen LogP contribution in [0.2, 0.25) is 5.02 Å². The van der Waals surface area contributed by atoms with Gasteiger partial charge in [0.15, 0.2) is 0 Å². The van der Waals surface area contributed by atoms with Gasteiger partial charge in [0.05, 0.1) is 25.4 Å². The monoisotopic (exact) mass is 227 g/mol. The predicted molar refractivity (Wildman–Crippen MR) is 59.0 cm³/mol. The molecule has 1 heterocycles. The first-order valence-electron chi connectivity index (χ1n) is 5.01. The lowest BCUT2D eigenvalue weighted by Crippen LogP contribution is -2.42. The largest absolute Gasteiger partial charge is 0.394 e. The van der Waals surface area contributed by atoms with E-state index in [0.717, 1.165) is 10.6 Å². The number of aliphatic hydroxyl groups excluding tert-OH is 1. The van der Waals surface area contributed by atoms with E-state index in [-0.39, 0.29) is 18.8 Å². The van der Waals surface area contributed by atoms with Crippen LogP contribution in [0.15, 0.2) is 24.3 Å². The number of hydrogen-bond donors (Lipinski definition) is 2. The molecule has 2 rings (SSSR count). The average Bonchev–Trinajstić information content (AvgIpc) is 2.29. The Balaban J connectivity index is 2.01. The van der Waals surface area contributed by atoms with Crippen molar-refractivity contribution in [1.82, 2.24) is 5.32 Å². The van der Waals surface area contributed by atoms with Crippen LogP contribution in [0.3, 0.4) is 0 Å². The first-order chi connectivity index (χ1) is 7.29. The molecule has 0 radical (unpaired) electrons. The molecule has 0 aromatic heterocycles. The van der Waals surface area contributed by atoms with Gasteiger partial charge in [0, 0.05) is 11.6 Å². The van der Waals surface area contributed by atoms with Gasteiger partial charge in [-0.15, -0.1) is 0 Å². The summed E-state index contributed by atoms with van der Waals surface area (Å²) in [5.41, 5.74) is 1.12. The van der Waals surface area contributed by atoms with Crippen molar-refractivity contribution in [2.24, 2.45) is 0 Å². The van der Waals surface area contributed by atoms with E-state index in [1.807, 2.05) is 24.3 Å². The molecule has 15 heavy (non-hydrogen) atoms. The number of hydrogen-bond acceptors (Lipinski definition) is 3. The summed E-state index contributed by atoms with van der Waals surface area (Å²) in [5, 5.41) is 13.0. The molecule has 1 aromatic rings. The molecule has 1 aliphatic rings. The highest BCUT2D eigenvalue weighted by Crippen LogP contribution is 2.20. The highest BCUT2D eigenvalue weighted by atomic mass is 35.5. The second-order valence-corrected chi connectivity index (χ2v) is 4.09. The Kier molecular flexibility index (Phi) is 3.59. The van der Waals surface area contributed by atoms with Crippen LogP contribution in [0.5, 0.6) is 0 Å². The molecule has 1 aliphatic heterocycles. The van der Waals surface area contributed by atoms with Gasteiger partial charge in [-0.05, 0) is 17.7 Å². The second-order valence-electron chi connectivity index (χ2n) is 3.65. The molecule has 2 unspecified atom stereocenters. The Labute approximate surface area is 94.0 Å². The molecule has 1 fully saturated rings. The van der Waals surface area contributed by atoms with Crippen molar-refractivity contribution < 1.29 is 9.84 Å². The third kappa shape index (κ3) is 2.69. The molecule has 3 nitrogen and oxygen atoms in total. The van der Waals surface area contributed by atoms with Crippen LogP contribution >= 0.6 is 11.6 Å². The molecular weight excluding hydrogens is 214 g/mol. The van der Waals surface area contributed by atoms with Crippen LogP contribution in [0.1, 0.15) is 11.6 Å². The maximum Gasteiger partial charge on any atom is 0.0930 e. The minimum Gasteiger partial charge on any atom is -0.394 e. The van der Waals surface area contributed by atoms with E-state index in [2.05, 4.69) is 5.32 Å². The van der Waals surface area contributed by atoms with Crippen molar-refractivity contribution in [2.45, 2.75) is 12.1 Å². The van der Waals surface area contributed by atoms with Gasteiger partial charge in [0.2, 0.25) is 0 Å². The van der Waals surface area contributed by atoms with E-state index in [4.69, 9.17) is 21.4 Å². The third-order valence-electron chi connectivity index (χ3n) is 2.55. The summed E-state index contributed by atoms with van der Waals surface area (Å²) >= 11 is 5.91. The van der Waals surface area contributed by atoms with Crippen molar-refractivity contribution >= 4 is 11.6 Å². The molecule has 2 atom stereocenters. The lowest BCUT2D eigenvalue weighted by Gasteiger charge is -2.29. The lowest BCUT2D eigenvalue weighted by molar-refractivity contribution is -0.0259. The predicted octanol–water partition coefficient (Wildman–Crippen LogP) is 1.36. The smallest absolute Gasteiger partial charge is 0.0930 e. The number of ether oxygens (including phenoxy) is 1. The first kappa shape index (κ1) is 10.9. The molecule has 4 heteroatoms. The second kappa shape index (κ2) is 4.94. The Morgan fingerprint density at radius 2 is 2.40 bits per heavy atom. The number of rotatable bonds is 2. The van der Waals surface area contributed by atoms with Gasteiger partial charge in [-0.3, -0.25) is 0 Å². The molecule has 0 spiro atoms. The molecule has 1 aromatic carbocycles. The van der Waals surface area contributed by atoms with Gasteiger partial charge in [0.1, 0.15) is 0 Å². The Bertz CT molecular complexity index is 324. The quantitative estimate of drug-likeness (QED) is 0.802. The summed E-state index contributed by atoms with van der Waals surface area (Å²) in [7, 11) is 0. The molecule has 0 bridgehead atoms. The number of halogens is 1. The van der Waals surface area contributed by atoms with Crippen molar-refractivity contribution in [2.75, 3.05) is 19.8 Å². The fraction of sp³-hybridized carbons (Fsp3) is 0.455. The van der Waals surface area contributed by atoms with Crippen molar-refractivity contribution in [1.29, 1.82) is 0 Å². The zero-order valence-corrected chi connectivity index (χ0v) is 9.07. The summed E-state index contributed by atoms with van der Waals surface area (Å²) < 4.78 is 5.48. The van der Waals surface area contributed by atoms with E-state index < -0.39 is 0 Å². The number of nitrogens with one attached hydrogen (secondary N) is 1. The summed E-state index contributed by atoms with van der Waals surface area (Å²) in [6.45, 7) is 1.31. The fourth-order valence-electron chi connectivity index (χ4n) is 1.68. The molecule has 1 saturated heterocycles. The Morgan fingerprint density at radius 1 is 1.53 bits per heavy atom. The number of morpholine rings is 1. The van der Waals surface area contributed by atoms with Gasteiger partial charge < -0.3 is 15.2 Å². The molecule has 0 aliphatic carbocycles. The highest BCUT2D eigenvalue weighted by Gasteiger charge is 2.21. The Hall–Kier alpha value is -0.610. The van der Waals surface area contributed by atoms with E-state index in [1.54, 1.807) is 0 Å². The van der Waals surface area contributed by atoms with Crippen LogP contribution < -0.4 is 5.32 Å². The van der Waals surface area contributed by atoms with Gasteiger partial charge in [-0.1, -0.05) is 23.7 Å².